The topological polar surface area (TPSA) is 9.23 Å². The van der Waals surface area contributed by atoms with Crippen LogP contribution in [0.2, 0.25) is 5.02 Å². The van der Waals surface area contributed by atoms with Gasteiger partial charge in [0, 0.05) is 6.61 Å². The Morgan fingerprint density at radius 1 is 1.35 bits per heavy atom. The highest BCUT2D eigenvalue weighted by molar-refractivity contribution is 6.30. The van der Waals surface area contributed by atoms with Gasteiger partial charge in [-0.1, -0.05) is 32.4 Å². The maximum absolute atomic E-state index is 14.0. The summed E-state index contributed by atoms with van der Waals surface area (Å²) in [4.78, 5) is 0. The Bertz CT molecular complexity index is 417. The second-order valence-electron chi connectivity index (χ2n) is 5.62. The van der Waals surface area contributed by atoms with Gasteiger partial charge in [0.25, 0.3) is 0 Å². The van der Waals surface area contributed by atoms with Gasteiger partial charge in [0.2, 0.25) is 0 Å². The van der Waals surface area contributed by atoms with Crippen LogP contribution in [0.3, 0.4) is 0 Å². The minimum Gasteiger partial charge on any atom is -0.374 e. The molecule has 1 aromatic rings. The zero-order valence-corrected chi connectivity index (χ0v) is 11.3. The Morgan fingerprint density at radius 3 is 2.59 bits per heavy atom. The van der Waals surface area contributed by atoms with E-state index in [4.69, 9.17) is 16.3 Å². The van der Waals surface area contributed by atoms with Gasteiger partial charge in [-0.2, -0.15) is 0 Å². The minimum absolute atomic E-state index is 0.0780. The Hall–Kier alpha value is -0.600. The predicted molar refractivity (Wildman–Crippen MR) is 68.0 cm³/mol. The molecular formula is C14H18ClFO. The SMILES string of the molecule is CC(C)(C)c1cc(C2CCCO2)cc(Cl)c1F. The first-order chi connectivity index (χ1) is 7.89. The maximum Gasteiger partial charge on any atom is 0.145 e. The highest BCUT2D eigenvalue weighted by atomic mass is 35.5. The molecule has 1 heterocycles. The molecule has 1 nitrogen and oxygen atoms in total. The summed E-state index contributed by atoms with van der Waals surface area (Å²) >= 11 is 5.97. The monoisotopic (exact) mass is 256 g/mol. The molecule has 0 amide bonds. The number of hydrogen-bond acceptors (Lipinski definition) is 1. The van der Waals surface area contributed by atoms with Gasteiger partial charge in [0.15, 0.2) is 0 Å². The average molecular weight is 257 g/mol. The molecule has 1 saturated heterocycles. The van der Waals surface area contributed by atoms with Crippen LogP contribution in [0.25, 0.3) is 0 Å². The highest BCUT2D eigenvalue weighted by Gasteiger charge is 2.25. The molecule has 1 unspecified atom stereocenters. The van der Waals surface area contributed by atoms with E-state index >= 15 is 0 Å². The van der Waals surface area contributed by atoms with Gasteiger partial charge in [0.1, 0.15) is 5.82 Å². The van der Waals surface area contributed by atoms with E-state index in [1.165, 1.54) is 0 Å². The van der Waals surface area contributed by atoms with Crippen LogP contribution in [0, 0.1) is 5.82 Å². The van der Waals surface area contributed by atoms with Gasteiger partial charge in [-0.3, -0.25) is 0 Å². The third kappa shape index (κ3) is 2.63. The van der Waals surface area contributed by atoms with Crippen molar-refractivity contribution in [1.82, 2.24) is 0 Å². The number of benzene rings is 1. The maximum atomic E-state index is 14.0. The van der Waals surface area contributed by atoms with E-state index in [9.17, 15) is 4.39 Å². The number of hydrogen-bond donors (Lipinski definition) is 0. The molecule has 94 valence electrons. The largest absolute Gasteiger partial charge is 0.374 e. The molecule has 0 radical (unpaired) electrons. The van der Waals surface area contributed by atoms with E-state index < -0.39 is 0 Å². The molecule has 0 aromatic heterocycles. The Balaban J connectivity index is 2.45. The first-order valence-corrected chi connectivity index (χ1v) is 6.38. The Kier molecular flexibility index (Phi) is 3.46. The van der Waals surface area contributed by atoms with Crippen molar-refractivity contribution in [3.8, 4) is 0 Å². The van der Waals surface area contributed by atoms with Crippen LogP contribution in [0.1, 0.15) is 50.8 Å². The Morgan fingerprint density at radius 2 is 2.06 bits per heavy atom. The summed E-state index contributed by atoms with van der Waals surface area (Å²) in [6.45, 7) is 6.74. The molecule has 0 bridgehead atoms. The first-order valence-electron chi connectivity index (χ1n) is 6.00. The highest BCUT2D eigenvalue weighted by Crippen LogP contribution is 2.36. The summed E-state index contributed by atoms with van der Waals surface area (Å²) < 4.78 is 19.6. The van der Waals surface area contributed by atoms with Crippen molar-refractivity contribution in [1.29, 1.82) is 0 Å². The third-order valence-electron chi connectivity index (χ3n) is 3.16. The van der Waals surface area contributed by atoms with Crippen molar-refractivity contribution in [2.45, 2.75) is 45.1 Å². The molecule has 1 aliphatic rings. The lowest BCUT2D eigenvalue weighted by atomic mass is 9.85. The van der Waals surface area contributed by atoms with Gasteiger partial charge < -0.3 is 4.74 Å². The van der Waals surface area contributed by atoms with E-state index in [-0.39, 0.29) is 22.4 Å². The summed E-state index contributed by atoms with van der Waals surface area (Å²) in [5, 5.41) is 0.197. The third-order valence-corrected chi connectivity index (χ3v) is 3.44. The van der Waals surface area contributed by atoms with Crippen LogP contribution in [-0.2, 0) is 10.2 Å². The van der Waals surface area contributed by atoms with Crippen molar-refractivity contribution in [2.24, 2.45) is 0 Å². The van der Waals surface area contributed by atoms with Gasteiger partial charge in [-0.05, 0) is 41.5 Å². The van der Waals surface area contributed by atoms with Crippen molar-refractivity contribution >= 4 is 11.6 Å². The standard InChI is InChI=1S/C14H18ClFO/c1-14(2,3)10-7-9(8-11(15)13(10)16)12-5-4-6-17-12/h7-8,12H,4-6H2,1-3H3. The minimum atomic E-state index is -0.305. The molecule has 1 aromatic carbocycles. The molecular weight excluding hydrogens is 239 g/mol. The van der Waals surface area contributed by atoms with E-state index in [2.05, 4.69) is 0 Å². The number of rotatable bonds is 1. The van der Waals surface area contributed by atoms with E-state index in [0.717, 1.165) is 25.0 Å². The smallest absolute Gasteiger partial charge is 0.145 e. The van der Waals surface area contributed by atoms with Crippen molar-refractivity contribution < 1.29 is 9.13 Å². The second-order valence-corrected chi connectivity index (χ2v) is 6.02. The van der Waals surface area contributed by atoms with E-state index in [0.29, 0.717) is 5.56 Å². The predicted octanol–water partition coefficient (Wildman–Crippen LogP) is 4.63. The van der Waals surface area contributed by atoms with E-state index in [1.807, 2.05) is 26.8 Å². The lowest BCUT2D eigenvalue weighted by Gasteiger charge is -2.22. The summed E-state index contributed by atoms with van der Waals surface area (Å²) in [5.41, 5.74) is 1.41. The fourth-order valence-electron chi connectivity index (χ4n) is 2.18. The zero-order valence-electron chi connectivity index (χ0n) is 10.5. The van der Waals surface area contributed by atoms with Crippen molar-refractivity contribution in [3.05, 3.63) is 34.1 Å². The Labute approximate surface area is 107 Å². The fraction of sp³-hybridized carbons (Fsp3) is 0.571. The molecule has 1 aliphatic heterocycles. The molecule has 0 spiro atoms. The van der Waals surface area contributed by atoms with Gasteiger partial charge in [0.05, 0.1) is 11.1 Å². The summed E-state index contributed by atoms with van der Waals surface area (Å²) in [5.74, 6) is -0.305. The van der Waals surface area contributed by atoms with Crippen molar-refractivity contribution in [3.63, 3.8) is 0 Å². The normalized spacial score (nSPS) is 20.9. The molecule has 17 heavy (non-hydrogen) atoms. The summed E-state index contributed by atoms with van der Waals surface area (Å²) in [7, 11) is 0. The van der Waals surface area contributed by atoms with Crippen LogP contribution in [0.15, 0.2) is 12.1 Å². The summed E-state index contributed by atoms with van der Waals surface area (Å²) in [6.07, 6.45) is 2.13. The van der Waals surface area contributed by atoms with Crippen LogP contribution < -0.4 is 0 Å². The van der Waals surface area contributed by atoms with Crippen LogP contribution in [-0.4, -0.2) is 6.61 Å². The molecule has 2 rings (SSSR count). The molecule has 1 atom stereocenters. The average Bonchev–Trinajstić information content (AvgIpc) is 2.73. The van der Waals surface area contributed by atoms with Crippen LogP contribution >= 0.6 is 11.6 Å². The fourth-order valence-corrected chi connectivity index (χ4v) is 2.41. The van der Waals surface area contributed by atoms with E-state index in [1.54, 1.807) is 6.07 Å². The van der Waals surface area contributed by atoms with Gasteiger partial charge in [-0.15, -0.1) is 0 Å². The van der Waals surface area contributed by atoms with Crippen LogP contribution in [0.5, 0.6) is 0 Å². The molecule has 3 heteroatoms. The molecule has 0 saturated carbocycles. The molecule has 0 N–H and O–H groups in total. The number of halogens is 2. The van der Waals surface area contributed by atoms with Gasteiger partial charge >= 0.3 is 0 Å². The lowest BCUT2D eigenvalue weighted by molar-refractivity contribution is 0.112. The van der Waals surface area contributed by atoms with Crippen LogP contribution in [0.4, 0.5) is 4.39 Å². The quantitative estimate of drug-likeness (QED) is 0.712. The molecule has 0 aliphatic carbocycles. The first kappa shape index (κ1) is 12.8. The summed E-state index contributed by atoms with van der Waals surface area (Å²) in [6, 6.07) is 3.60. The number of ether oxygens (including phenoxy) is 1. The molecule has 1 fully saturated rings. The van der Waals surface area contributed by atoms with Gasteiger partial charge in [-0.25, -0.2) is 4.39 Å². The zero-order chi connectivity index (χ0) is 12.6. The van der Waals surface area contributed by atoms with Crippen molar-refractivity contribution in [2.75, 3.05) is 6.61 Å². The lowest BCUT2D eigenvalue weighted by Crippen LogP contribution is -2.15. The second kappa shape index (κ2) is 4.58.